The number of allylic oxidation sites excluding steroid dienone is 2. The summed E-state index contributed by atoms with van der Waals surface area (Å²) in [5.74, 6) is -1.25. The number of carbonyl (C=O) groups excluding carboxylic acids is 2. The standard InChI is InChI=1S/C24H29NO4/c1-14-20(23(28)29-17-9-4-5-10-17)21(15-7-6-8-16(26)11-15)22-18(25-14)12-24(2,3)13-19(22)27/h6-8,11,17,20-21,26H,4-5,9-10,12-13H2,1-3H3/t20?,21-/m1/s1. The number of hydrogen-bond acceptors (Lipinski definition) is 5. The van der Waals surface area contributed by atoms with Gasteiger partial charge >= 0.3 is 5.97 Å². The quantitative estimate of drug-likeness (QED) is 0.753. The zero-order valence-corrected chi connectivity index (χ0v) is 17.4. The Hall–Kier alpha value is -2.43. The molecule has 2 aliphatic carbocycles. The molecule has 0 saturated heterocycles. The average Bonchev–Trinajstić information content (AvgIpc) is 3.12. The Kier molecular flexibility index (Phi) is 5.09. The summed E-state index contributed by atoms with van der Waals surface area (Å²) in [7, 11) is 0. The topological polar surface area (TPSA) is 76.0 Å². The summed E-state index contributed by atoms with van der Waals surface area (Å²) in [4.78, 5) is 31.2. The van der Waals surface area contributed by atoms with Gasteiger partial charge in [-0.2, -0.15) is 0 Å². The van der Waals surface area contributed by atoms with Crippen LogP contribution in [-0.2, 0) is 14.3 Å². The number of ether oxygens (including phenoxy) is 1. The highest BCUT2D eigenvalue weighted by Gasteiger charge is 2.46. The molecular formula is C24H29NO4. The van der Waals surface area contributed by atoms with E-state index in [-0.39, 0.29) is 29.0 Å². The smallest absolute Gasteiger partial charge is 0.315 e. The van der Waals surface area contributed by atoms with Gasteiger partial charge in [-0.1, -0.05) is 26.0 Å². The Morgan fingerprint density at radius 3 is 2.62 bits per heavy atom. The minimum absolute atomic E-state index is 0.0412. The molecule has 1 heterocycles. The van der Waals surface area contributed by atoms with Gasteiger partial charge in [0.1, 0.15) is 17.8 Å². The van der Waals surface area contributed by atoms with Crippen LogP contribution < -0.4 is 0 Å². The van der Waals surface area contributed by atoms with E-state index in [1.165, 1.54) is 0 Å². The van der Waals surface area contributed by atoms with Crippen LogP contribution in [0, 0.1) is 11.3 Å². The number of Topliss-reactive ketones (excluding diaryl/α,β-unsaturated/α-hetero) is 1. The van der Waals surface area contributed by atoms with E-state index in [4.69, 9.17) is 9.73 Å². The number of aromatic hydroxyl groups is 1. The molecule has 5 heteroatoms. The lowest BCUT2D eigenvalue weighted by atomic mass is 9.67. The summed E-state index contributed by atoms with van der Waals surface area (Å²) < 4.78 is 5.84. The lowest BCUT2D eigenvalue weighted by Gasteiger charge is -2.39. The molecule has 0 spiro atoms. The molecule has 4 rings (SSSR count). The van der Waals surface area contributed by atoms with Crippen molar-refractivity contribution in [3.05, 3.63) is 41.1 Å². The van der Waals surface area contributed by atoms with Crippen LogP contribution in [0.1, 0.15) is 70.8 Å². The second-order valence-electron chi connectivity index (χ2n) is 9.45. The number of carbonyl (C=O) groups is 2. The van der Waals surface area contributed by atoms with Gasteiger partial charge in [-0.05, 0) is 62.1 Å². The maximum absolute atomic E-state index is 13.2. The number of esters is 1. The SMILES string of the molecule is CC1=NC2=C(C(=O)CC(C)(C)C2)[C@H](c2cccc(O)c2)C1C(=O)OC1CCCC1. The normalized spacial score (nSPS) is 26.9. The zero-order chi connectivity index (χ0) is 20.8. The highest BCUT2D eigenvalue weighted by molar-refractivity contribution is 6.09. The molecule has 154 valence electrons. The fourth-order valence-corrected chi connectivity index (χ4v) is 5.07. The molecule has 3 aliphatic rings. The summed E-state index contributed by atoms with van der Waals surface area (Å²) >= 11 is 0. The highest BCUT2D eigenvalue weighted by Crippen LogP contribution is 2.48. The molecule has 0 amide bonds. The van der Waals surface area contributed by atoms with Crippen molar-refractivity contribution in [1.82, 2.24) is 0 Å². The maximum atomic E-state index is 13.2. The number of benzene rings is 1. The molecule has 29 heavy (non-hydrogen) atoms. The Balaban J connectivity index is 1.78. The second-order valence-corrected chi connectivity index (χ2v) is 9.45. The zero-order valence-electron chi connectivity index (χ0n) is 17.4. The van der Waals surface area contributed by atoms with E-state index in [9.17, 15) is 14.7 Å². The van der Waals surface area contributed by atoms with Crippen molar-refractivity contribution >= 4 is 17.5 Å². The number of hydrogen-bond donors (Lipinski definition) is 1. The van der Waals surface area contributed by atoms with Crippen molar-refractivity contribution in [1.29, 1.82) is 0 Å². The first-order chi connectivity index (χ1) is 13.7. The van der Waals surface area contributed by atoms with Gasteiger partial charge in [-0.25, -0.2) is 0 Å². The first kappa shape index (κ1) is 19.9. The van der Waals surface area contributed by atoms with Crippen LogP contribution in [0.5, 0.6) is 5.75 Å². The molecule has 2 atom stereocenters. The van der Waals surface area contributed by atoms with E-state index in [0.29, 0.717) is 24.1 Å². The largest absolute Gasteiger partial charge is 0.508 e. The van der Waals surface area contributed by atoms with Crippen LogP contribution in [0.15, 0.2) is 40.5 Å². The number of nitrogens with zero attached hydrogens (tertiary/aromatic N) is 1. The molecule has 0 aromatic heterocycles. The van der Waals surface area contributed by atoms with Crippen LogP contribution in [0.25, 0.3) is 0 Å². The van der Waals surface area contributed by atoms with E-state index in [1.807, 2.05) is 13.0 Å². The molecule has 1 unspecified atom stereocenters. The van der Waals surface area contributed by atoms with Crippen LogP contribution in [0.3, 0.4) is 0 Å². The Morgan fingerprint density at radius 2 is 1.93 bits per heavy atom. The number of phenols is 1. The van der Waals surface area contributed by atoms with Gasteiger partial charge in [-0.15, -0.1) is 0 Å². The van der Waals surface area contributed by atoms with Crippen molar-refractivity contribution in [3.63, 3.8) is 0 Å². The van der Waals surface area contributed by atoms with Crippen molar-refractivity contribution in [2.75, 3.05) is 0 Å². The van der Waals surface area contributed by atoms with Crippen molar-refractivity contribution < 1.29 is 19.4 Å². The number of phenolic OH excluding ortho intramolecular Hbond substituents is 1. The molecule has 1 aromatic rings. The third kappa shape index (κ3) is 3.87. The van der Waals surface area contributed by atoms with Gasteiger partial charge in [0.2, 0.25) is 0 Å². The molecule has 1 aromatic carbocycles. The monoisotopic (exact) mass is 395 g/mol. The lowest BCUT2D eigenvalue weighted by Crippen LogP contribution is -2.40. The second kappa shape index (κ2) is 7.43. The first-order valence-electron chi connectivity index (χ1n) is 10.6. The fraction of sp³-hybridized carbons (Fsp3) is 0.542. The van der Waals surface area contributed by atoms with E-state index in [1.54, 1.807) is 18.2 Å². The predicted octanol–water partition coefficient (Wildman–Crippen LogP) is 4.70. The maximum Gasteiger partial charge on any atom is 0.315 e. The number of aliphatic imine (C=N–C) groups is 1. The third-order valence-electron chi connectivity index (χ3n) is 6.37. The Labute approximate surface area is 171 Å². The van der Waals surface area contributed by atoms with Gasteiger partial charge in [0.25, 0.3) is 0 Å². The number of ketones is 1. The summed E-state index contributed by atoms with van der Waals surface area (Å²) in [5.41, 5.74) is 2.69. The fourth-order valence-electron chi connectivity index (χ4n) is 5.07. The van der Waals surface area contributed by atoms with Gasteiger partial charge in [0.05, 0.1) is 0 Å². The molecule has 0 bridgehead atoms. The summed E-state index contributed by atoms with van der Waals surface area (Å²) in [6.07, 6.45) is 5.03. The molecule has 1 fully saturated rings. The van der Waals surface area contributed by atoms with Crippen molar-refractivity contribution in [3.8, 4) is 5.75 Å². The van der Waals surface area contributed by atoms with Crippen molar-refractivity contribution in [2.24, 2.45) is 16.3 Å². The Morgan fingerprint density at radius 1 is 1.21 bits per heavy atom. The molecule has 1 saturated carbocycles. The molecular weight excluding hydrogens is 366 g/mol. The van der Waals surface area contributed by atoms with Crippen LogP contribution in [0.2, 0.25) is 0 Å². The molecule has 1 N–H and O–H groups in total. The molecule has 5 nitrogen and oxygen atoms in total. The number of rotatable bonds is 3. The van der Waals surface area contributed by atoms with Crippen molar-refractivity contribution in [2.45, 2.75) is 71.3 Å². The van der Waals surface area contributed by atoms with E-state index < -0.39 is 11.8 Å². The first-order valence-corrected chi connectivity index (χ1v) is 10.6. The summed E-state index contributed by atoms with van der Waals surface area (Å²) in [5, 5.41) is 10.1. The van der Waals surface area contributed by atoms with Crippen LogP contribution in [0.4, 0.5) is 0 Å². The molecule has 0 radical (unpaired) electrons. The van der Waals surface area contributed by atoms with E-state index in [0.717, 1.165) is 36.9 Å². The van der Waals surface area contributed by atoms with Crippen LogP contribution >= 0.6 is 0 Å². The Bertz CT molecular complexity index is 905. The summed E-state index contributed by atoms with van der Waals surface area (Å²) in [6.45, 7) is 6.00. The van der Waals surface area contributed by atoms with E-state index in [2.05, 4.69) is 13.8 Å². The van der Waals surface area contributed by atoms with Crippen LogP contribution in [-0.4, -0.2) is 28.7 Å². The van der Waals surface area contributed by atoms with E-state index >= 15 is 0 Å². The molecule has 1 aliphatic heterocycles. The van der Waals surface area contributed by atoms with Gasteiger partial charge in [0.15, 0.2) is 5.78 Å². The minimum atomic E-state index is -0.638. The minimum Gasteiger partial charge on any atom is -0.508 e. The average molecular weight is 395 g/mol. The van der Waals surface area contributed by atoms with Gasteiger partial charge in [-0.3, -0.25) is 14.6 Å². The predicted molar refractivity (Wildman–Crippen MR) is 111 cm³/mol. The highest BCUT2D eigenvalue weighted by atomic mass is 16.5. The lowest BCUT2D eigenvalue weighted by molar-refractivity contribution is -0.151. The van der Waals surface area contributed by atoms with Gasteiger partial charge in [0, 0.05) is 29.3 Å². The summed E-state index contributed by atoms with van der Waals surface area (Å²) in [6, 6.07) is 6.87. The third-order valence-corrected chi connectivity index (χ3v) is 6.37. The van der Waals surface area contributed by atoms with Gasteiger partial charge < -0.3 is 9.84 Å².